The monoisotopic (exact) mass is 454 g/mol. The molecule has 0 saturated carbocycles. The molecule has 0 saturated heterocycles. The van der Waals surface area contributed by atoms with Crippen LogP contribution in [-0.4, -0.2) is 17.9 Å². The number of nitrogens with zero attached hydrogens (tertiary/aromatic N) is 1. The van der Waals surface area contributed by atoms with Gasteiger partial charge in [-0.2, -0.15) is 0 Å². The van der Waals surface area contributed by atoms with E-state index in [-0.39, 0.29) is 29.7 Å². The van der Waals surface area contributed by atoms with Gasteiger partial charge in [-0.3, -0.25) is 9.59 Å². The second kappa shape index (κ2) is 11.1. The zero-order valence-corrected chi connectivity index (χ0v) is 20.1. The number of unbranched alkanes of at least 4 members (excludes halogenated alkanes) is 2. The van der Waals surface area contributed by atoms with E-state index in [4.69, 9.17) is 0 Å². The maximum atomic E-state index is 13.6. The molecular formula is C30H34N2O2. The van der Waals surface area contributed by atoms with Crippen LogP contribution in [0.4, 0.5) is 11.4 Å². The topological polar surface area (TPSA) is 49.4 Å². The minimum Gasteiger partial charge on any atom is -0.326 e. The summed E-state index contributed by atoms with van der Waals surface area (Å²) < 4.78 is 0. The predicted molar refractivity (Wildman–Crippen MR) is 139 cm³/mol. The average molecular weight is 455 g/mol. The van der Waals surface area contributed by atoms with E-state index in [0.29, 0.717) is 5.56 Å². The number of fused-ring (bicyclic) bond motifs is 1. The fraction of sp³-hybridized carbons (Fsp3) is 0.333. The number of nitrogens with one attached hydrogen (secondary N) is 1. The van der Waals surface area contributed by atoms with Crippen LogP contribution in [0.25, 0.3) is 0 Å². The van der Waals surface area contributed by atoms with E-state index >= 15 is 0 Å². The average Bonchev–Trinajstić information content (AvgIpc) is 2.87. The molecule has 4 nitrogen and oxygen atoms in total. The van der Waals surface area contributed by atoms with Crippen molar-refractivity contribution in [2.24, 2.45) is 5.92 Å². The van der Waals surface area contributed by atoms with Gasteiger partial charge < -0.3 is 10.2 Å². The number of anilines is 2. The van der Waals surface area contributed by atoms with Crippen LogP contribution < -0.4 is 10.2 Å². The van der Waals surface area contributed by atoms with Crippen molar-refractivity contribution in [1.29, 1.82) is 0 Å². The third-order valence-electron chi connectivity index (χ3n) is 6.85. The van der Waals surface area contributed by atoms with Crippen molar-refractivity contribution in [3.05, 3.63) is 96.1 Å². The molecule has 0 spiro atoms. The van der Waals surface area contributed by atoms with Gasteiger partial charge in [0, 0.05) is 28.9 Å². The molecule has 34 heavy (non-hydrogen) atoms. The summed E-state index contributed by atoms with van der Waals surface area (Å²) in [5.74, 6) is -0.0108. The van der Waals surface area contributed by atoms with Crippen LogP contribution >= 0.6 is 0 Å². The smallest absolute Gasteiger partial charge is 0.258 e. The molecule has 1 unspecified atom stereocenters. The predicted octanol–water partition coefficient (Wildman–Crippen LogP) is 7.04. The molecule has 1 N–H and O–H groups in total. The van der Waals surface area contributed by atoms with Crippen LogP contribution in [0.5, 0.6) is 0 Å². The first-order valence-corrected chi connectivity index (χ1v) is 12.4. The lowest BCUT2D eigenvalue weighted by Crippen LogP contribution is -2.45. The Morgan fingerprint density at radius 3 is 2.26 bits per heavy atom. The molecule has 1 aliphatic rings. The van der Waals surface area contributed by atoms with E-state index in [1.54, 1.807) is 0 Å². The van der Waals surface area contributed by atoms with Gasteiger partial charge in [0.15, 0.2) is 0 Å². The molecule has 4 heteroatoms. The van der Waals surface area contributed by atoms with Gasteiger partial charge in [-0.05, 0) is 61.6 Å². The fourth-order valence-electron chi connectivity index (χ4n) is 5.15. The minimum atomic E-state index is -0.149. The molecule has 0 radical (unpaired) electrons. The van der Waals surface area contributed by atoms with Crippen molar-refractivity contribution < 1.29 is 9.59 Å². The van der Waals surface area contributed by atoms with Crippen LogP contribution in [0.2, 0.25) is 0 Å². The van der Waals surface area contributed by atoms with Crippen LogP contribution in [0.1, 0.15) is 67.8 Å². The highest BCUT2D eigenvalue weighted by molar-refractivity contribution is 6.07. The van der Waals surface area contributed by atoms with Crippen molar-refractivity contribution in [2.75, 3.05) is 10.2 Å². The first kappa shape index (κ1) is 23.7. The van der Waals surface area contributed by atoms with Gasteiger partial charge in [-0.15, -0.1) is 0 Å². The highest BCUT2D eigenvalue weighted by Crippen LogP contribution is 2.44. The van der Waals surface area contributed by atoms with Crippen LogP contribution in [0.15, 0.2) is 84.9 Å². The Balaban J connectivity index is 1.67. The van der Waals surface area contributed by atoms with E-state index in [2.05, 4.69) is 25.2 Å². The summed E-state index contributed by atoms with van der Waals surface area (Å²) in [5.41, 5.74) is 3.53. The molecule has 0 bridgehead atoms. The number of carbonyl (C=O) groups is 2. The summed E-state index contributed by atoms with van der Waals surface area (Å²) in [5, 5.41) is 3.15. The van der Waals surface area contributed by atoms with Gasteiger partial charge in [-0.25, -0.2) is 0 Å². The maximum absolute atomic E-state index is 13.6. The van der Waals surface area contributed by atoms with Crippen molar-refractivity contribution >= 4 is 23.2 Å². The Morgan fingerprint density at radius 2 is 1.56 bits per heavy atom. The molecule has 1 aliphatic heterocycles. The Bertz CT molecular complexity index is 1100. The molecule has 0 fully saturated rings. The van der Waals surface area contributed by atoms with Gasteiger partial charge in [0.05, 0.1) is 0 Å². The Hall–Kier alpha value is -3.40. The molecule has 2 amide bonds. The van der Waals surface area contributed by atoms with E-state index in [1.165, 1.54) is 0 Å². The Morgan fingerprint density at radius 1 is 0.912 bits per heavy atom. The van der Waals surface area contributed by atoms with Crippen molar-refractivity contribution in [3.8, 4) is 0 Å². The number of carbonyl (C=O) groups excluding carboxylic acids is 2. The third kappa shape index (κ3) is 5.22. The van der Waals surface area contributed by atoms with E-state index in [1.807, 2.05) is 83.8 Å². The summed E-state index contributed by atoms with van der Waals surface area (Å²) in [6.45, 7) is 4.28. The number of amides is 2. The van der Waals surface area contributed by atoms with Crippen LogP contribution in [0.3, 0.4) is 0 Å². The zero-order chi connectivity index (χ0) is 23.9. The van der Waals surface area contributed by atoms with Gasteiger partial charge >= 0.3 is 0 Å². The number of rotatable bonds is 8. The molecule has 0 aliphatic carbocycles. The largest absolute Gasteiger partial charge is 0.326 e. The minimum absolute atomic E-state index is 0.00851. The van der Waals surface area contributed by atoms with Gasteiger partial charge in [0.2, 0.25) is 5.91 Å². The lowest BCUT2D eigenvalue weighted by Gasteiger charge is -2.42. The lowest BCUT2D eigenvalue weighted by atomic mass is 9.75. The Labute approximate surface area is 203 Å². The molecule has 0 aromatic heterocycles. The summed E-state index contributed by atoms with van der Waals surface area (Å²) in [6.07, 6.45) is 4.84. The quantitative estimate of drug-likeness (QED) is 0.371. The summed E-state index contributed by atoms with van der Waals surface area (Å²) in [6, 6.07) is 27.2. The third-order valence-corrected chi connectivity index (χ3v) is 6.85. The van der Waals surface area contributed by atoms with Crippen molar-refractivity contribution in [3.63, 3.8) is 0 Å². The van der Waals surface area contributed by atoms with E-state index in [9.17, 15) is 9.59 Å². The Kier molecular flexibility index (Phi) is 7.79. The SMILES string of the molecule is CCCCCC(C(=O)Nc1ccccc1)[C@@H]1C[C@@H](C)N(C(=O)c2ccccc2)c2ccccc21. The first-order chi connectivity index (χ1) is 16.6. The summed E-state index contributed by atoms with van der Waals surface area (Å²) in [7, 11) is 0. The normalized spacial score (nSPS) is 18.1. The summed E-state index contributed by atoms with van der Waals surface area (Å²) in [4.78, 5) is 29.0. The summed E-state index contributed by atoms with van der Waals surface area (Å²) >= 11 is 0. The second-order valence-corrected chi connectivity index (χ2v) is 9.25. The number of para-hydroxylation sites is 2. The molecule has 4 rings (SSSR count). The van der Waals surface area contributed by atoms with Crippen LogP contribution in [0, 0.1) is 5.92 Å². The molecule has 3 atom stereocenters. The highest BCUT2D eigenvalue weighted by Gasteiger charge is 2.39. The van der Waals surface area contributed by atoms with Crippen molar-refractivity contribution in [1.82, 2.24) is 0 Å². The first-order valence-electron chi connectivity index (χ1n) is 12.4. The number of benzene rings is 3. The number of hydrogen-bond acceptors (Lipinski definition) is 2. The molecule has 3 aromatic rings. The van der Waals surface area contributed by atoms with Gasteiger partial charge in [0.25, 0.3) is 5.91 Å². The zero-order valence-electron chi connectivity index (χ0n) is 20.1. The molecular weight excluding hydrogens is 420 g/mol. The molecule has 176 valence electrons. The lowest BCUT2D eigenvalue weighted by molar-refractivity contribution is -0.121. The highest BCUT2D eigenvalue weighted by atomic mass is 16.2. The van der Waals surface area contributed by atoms with Crippen molar-refractivity contribution in [2.45, 2.75) is 57.9 Å². The van der Waals surface area contributed by atoms with E-state index < -0.39 is 0 Å². The van der Waals surface area contributed by atoms with Gasteiger partial charge in [-0.1, -0.05) is 80.8 Å². The second-order valence-electron chi connectivity index (χ2n) is 9.25. The number of hydrogen-bond donors (Lipinski definition) is 1. The van der Waals surface area contributed by atoms with Gasteiger partial charge in [0.1, 0.15) is 0 Å². The maximum Gasteiger partial charge on any atom is 0.258 e. The molecule has 1 heterocycles. The van der Waals surface area contributed by atoms with E-state index in [0.717, 1.165) is 49.0 Å². The fourth-order valence-corrected chi connectivity index (χ4v) is 5.15. The molecule has 3 aromatic carbocycles. The van der Waals surface area contributed by atoms with Crippen LogP contribution in [-0.2, 0) is 4.79 Å². The standard InChI is InChI=1S/C30H34N2O2/c1-3-4-7-19-26(29(33)31-24-16-10-6-11-17-24)27-21-22(2)32(28-20-13-12-18-25(27)28)30(34)23-14-8-5-9-15-23/h5-6,8-18,20,22,26-27H,3-4,7,19,21H2,1-2H3,(H,31,33)/t22-,26?,27-/m1/s1.